The minimum absolute atomic E-state index is 0.0587. The molecule has 27 heavy (non-hydrogen) atoms. The number of hydrogen-bond acceptors (Lipinski definition) is 5. The highest BCUT2D eigenvalue weighted by molar-refractivity contribution is 5.79. The van der Waals surface area contributed by atoms with Crippen LogP contribution in [0.2, 0.25) is 0 Å². The van der Waals surface area contributed by atoms with Crippen LogP contribution < -0.4 is 0 Å². The molecule has 1 rings (SSSR count). The Morgan fingerprint density at radius 3 is 2.07 bits per heavy atom. The molecule has 0 radical (unpaired) electrons. The second-order valence-corrected chi connectivity index (χ2v) is 9.04. The highest BCUT2D eigenvalue weighted by Crippen LogP contribution is 2.37. The Morgan fingerprint density at radius 2 is 1.59 bits per heavy atom. The van der Waals surface area contributed by atoms with Gasteiger partial charge in [0.2, 0.25) is 0 Å². The Labute approximate surface area is 164 Å². The van der Waals surface area contributed by atoms with Gasteiger partial charge in [0.1, 0.15) is 11.9 Å². The average Bonchev–Trinajstić information content (AvgIpc) is 2.65. The molecule has 0 amide bonds. The molecule has 0 bridgehead atoms. The number of rotatable bonds is 10. The summed E-state index contributed by atoms with van der Waals surface area (Å²) >= 11 is 0. The lowest BCUT2D eigenvalue weighted by molar-refractivity contribution is -0.167. The Bertz CT molecular complexity index is 519. The largest absolute Gasteiger partial charge is 0.469 e. The number of carbonyl (C=O) groups is 3. The second kappa shape index (κ2) is 10.2. The van der Waals surface area contributed by atoms with Crippen molar-refractivity contribution in [1.82, 2.24) is 0 Å². The predicted octanol–water partition coefficient (Wildman–Crippen LogP) is 4.85. The molecule has 0 aromatic carbocycles. The fraction of sp³-hybridized carbons (Fsp3) is 0.864. The van der Waals surface area contributed by atoms with E-state index >= 15 is 0 Å². The van der Waals surface area contributed by atoms with E-state index in [1.165, 1.54) is 13.5 Å². The van der Waals surface area contributed by atoms with Gasteiger partial charge in [0.05, 0.1) is 17.9 Å². The van der Waals surface area contributed by atoms with Crippen molar-refractivity contribution >= 4 is 17.7 Å². The molecular formula is C22H38O5. The third-order valence-corrected chi connectivity index (χ3v) is 6.24. The summed E-state index contributed by atoms with van der Waals surface area (Å²) in [6, 6.07) is 0. The van der Waals surface area contributed by atoms with E-state index in [2.05, 4.69) is 0 Å². The SMILES string of the molecule is CCC(C)(CCC(C)(C)C(=O)OC)C(=O)OC(CC(C)=O)C1CCCCC1. The van der Waals surface area contributed by atoms with E-state index in [1.54, 1.807) is 6.92 Å². The summed E-state index contributed by atoms with van der Waals surface area (Å²) in [5.41, 5.74) is -1.32. The number of Topliss-reactive ketones (excluding diaryl/α,β-unsaturated/α-hetero) is 1. The van der Waals surface area contributed by atoms with E-state index in [-0.39, 0.29) is 29.7 Å². The minimum Gasteiger partial charge on any atom is -0.469 e. The first kappa shape index (κ1) is 23.6. The highest BCUT2D eigenvalue weighted by atomic mass is 16.5. The molecule has 0 aliphatic heterocycles. The summed E-state index contributed by atoms with van der Waals surface area (Å²) in [6.45, 7) is 9.09. The molecule has 1 saturated carbocycles. The summed E-state index contributed by atoms with van der Waals surface area (Å²) in [5.74, 6) is -0.184. The van der Waals surface area contributed by atoms with Crippen LogP contribution in [-0.2, 0) is 23.9 Å². The van der Waals surface area contributed by atoms with Gasteiger partial charge in [0.15, 0.2) is 0 Å². The fourth-order valence-corrected chi connectivity index (χ4v) is 3.76. The summed E-state index contributed by atoms with van der Waals surface area (Å²) in [4.78, 5) is 36.7. The van der Waals surface area contributed by atoms with Gasteiger partial charge in [0, 0.05) is 6.42 Å². The van der Waals surface area contributed by atoms with Crippen molar-refractivity contribution < 1.29 is 23.9 Å². The molecule has 1 aliphatic rings. The quantitative estimate of drug-likeness (QED) is 0.505. The molecule has 0 spiro atoms. The van der Waals surface area contributed by atoms with Crippen molar-refractivity contribution in [1.29, 1.82) is 0 Å². The van der Waals surface area contributed by atoms with Gasteiger partial charge in [-0.2, -0.15) is 0 Å². The van der Waals surface area contributed by atoms with Gasteiger partial charge < -0.3 is 9.47 Å². The van der Waals surface area contributed by atoms with Gasteiger partial charge in [-0.25, -0.2) is 0 Å². The lowest BCUT2D eigenvalue weighted by Gasteiger charge is -2.34. The molecule has 5 heteroatoms. The van der Waals surface area contributed by atoms with Crippen molar-refractivity contribution in [2.45, 2.75) is 98.5 Å². The van der Waals surface area contributed by atoms with Crippen LogP contribution in [0, 0.1) is 16.7 Å². The molecule has 1 fully saturated rings. The van der Waals surface area contributed by atoms with Crippen LogP contribution in [0.25, 0.3) is 0 Å². The van der Waals surface area contributed by atoms with E-state index in [0.29, 0.717) is 25.7 Å². The van der Waals surface area contributed by atoms with Crippen LogP contribution in [-0.4, -0.2) is 30.9 Å². The molecule has 0 aromatic rings. The maximum Gasteiger partial charge on any atom is 0.312 e. The third-order valence-electron chi connectivity index (χ3n) is 6.24. The zero-order chi connectivity index (χ0) is 20.7. The van der Waals surface area contributed by atoms with Crippen LogP contribution in [0.1, 0.15) is 92.4 Å². The first-order chi connectivity index (χ1) is 12.6. The number of ether oxygens (including phenoxy) is 2. The lowest BCUT2D eigenvalue weighted by Crippen LogP contribution is -2.38. The molecule has 5 nitrogen and oxygen atoms in total. The molecule has 2 unspecified atom stereocenters. The molecule has 0 saturated heterocycles. The van der Waals surface area contributed by atoms with Crippen molar-refractivity contribution in [2.24, 2.45) is 16.7 Å². The van der Waals surface area contributed by atoms with Gasteiger partial charge in [-0.15, -0.1) is 0 Å². The molecular weight excluding hydrogens is 344 g/mol. The zero-order valence-corrected chi connectivity index (χ0v) is 18.1. The Kier molecular flexibility index (Phi) is 8.97. The van der Waals surface area contributed by atoms with Crippen LogP contribution in [0.15, 0.2) is 0 Å². The molecule has 1 aliphatic carbocycles. The number of ketones is 1. The van der Waals surface area contributed by atoms with Crippen molar-refractivity contribution in [2.75, 3.05) is 7.11 Å². The lowest BCUT2D eigenvalue weighted by atomic mass is 9.76. The first-order valence-corrected chi connectivity index (χ1v) is 10.3. The highest BCUT2D eigenvalue weighted by Gasteiger charge is 2.39. The predicted molar refractivity (Wildman–Crippen MR) is 105 cm³/mol. The third kappa shape index (κ3) is 6.93. The minimum atomic E-state index is -0.672. The Morgan fingerprint density at radius 1 is 1.00 bits per heavy atom. The molecule has 156 valence electrons. The van der Waals surface area contributed by atoms with Gasteiger partial charge in [-0.1, -0.05) is 26.2 Å². The maximum absolute atomic E-state index is 13.0. The van der Waals surface area contributed by atoms with Crippen LogP contribution in [0.5, 0.6) is 0 Å². The molecule has 0 aromatic heterocycles. The topological polar surface area (TPSA) is 69.7 Å². The van der Waals surface area contributed by atoms with Crippen LogP contribution >= 0.6 is 0 Å². The number of methoxy groups -OCH3 is 1. The first-order valence-electron chi connectivity index (χ1n) is 10.3. The molecule has 2 atom stereocenters. The second-order valence-electron chi connectivity index (χ2n) is 9.04. The van der Waals surface area contributed by atoms with Gasteiger partial charge in [-0.3, -0.25) is 14.4 Å². The van der Waals surface area contributed by atoms with E-state index < -0.39 is 10.8 Å². The maximum atomic E-state index is 13.0. The van der Waals surface area contributed by atoms with Crippen molar-refractivity contribution in [3.8, 4) is 0 Å². The molecule has 0 heterocycles. The van der Waals surface area contributed by atoms with Crippen molar-refractivity contribution in [3.05, 3.63) is 0 Å². The van der Waals surface area contributed by atoms with Crippen LogP contribution in [0.4, 0.5) is 0 Å². The van der Waals surface area contributed by atoms with Gasteiger partial charge in [0.25, 0.3) is 0 Å². The summed E-state index contributed by atoms with van der Waals surface area (Å²) in [7, 11) is 1.38. The Hall–Kier alpha value is -1.39. The summed E-state index contributed by atoms with van der Waals surface area (Å²) in [5, 5.41) is 0. The van der Waals surface area contributed by atoms with E-state index in [4.69, 9.17) is 9.47 Å². The standard InChI is InChI=1S/C22H38O5/c1-7-22(5,14-13-21(3,4)19(24)26-6)20(25)27-18(15-16(2)23)17-11-9-8-10-12-17/h17-18H,7-15H2,1-6H3. The average molecular weight is 383 g/mol. The van der Waals surface area contributed by atoms with Gasteiger partial charge in [-0.05, 0) is 65.7 Å². The van der Waals surface area contributed by atoms with Gasteiger partial charge >= 0.3 is 11.9 Å². The monoisotopic (exact) mass is 382 g/mol. The fourth-order valence-electron chi connectivity index (χ4n) is 3.76. The van der Waals surface area contributed by atoms with Crippen LogP contribution in [0.3, 0.4) is 0 Å². The summed E-state index contributed by atoms with van der Waals surface area (Å²) < 4.78 is 10.8. The normalized spacial score (nSPS) is 19.0. The van der Waals surface area contributed by atoms with E-state index in [0.717, 1.165) is 25.7 Å². The number of hydrogen-bond donors (Lipinski definition) is 0. The summed E-state index contributed by atoms with van der Waals surface area (Å²) in [6.07, 6.45) is 7.20. The Balaban J connectivity index is 2.82. The number of carbonyl (C=O) groups excluding carboxylic acids is 3. The van der Waals surface area contributed by atoms with E-state index in [9.17, 15) is 14.4 Å². The number of esters is 2. The smallest absolute Gasteiger partial charge is 0.312 e. The van der Waals surface area contributed by atoms with Crippen molar-refractivity contribution in [3.63, 3.8) is 0 Å². The molecule has 0 N–H and O–H groups in total. The zero-order valence-electron chi connectivity index (χ0n) is 18.1. The van der Waals surface area contributed by atoms with E-state index in [1.807, 2.05) is 27.7 Å².